The van der Waals surface area contributed by atoms with Gasteiger partial charge in [0.1, 0.15) is 34.8 Å². The van der Waals surface area contributed by atoms with Gasteiger partial charge in [-0.1, -0.05) is 24.3 Å². The molecule has 258 valence electrons. The van der Waals surface area contributed by atoms with Crippen LogP contribution in [0.25, 0.3) is 21.9 Å². The number of methoxy groups -OCH3 is 1. The summed E-state index contributed by atoms with van der Waals surface area (Å²) in [5, 5.41) is 11.1. The van der Waals surface area contributed by atoms with Crippen LogP contribution in [0.2, 0.25) is 0 Å². The number of nitrogens with one attached hydrogen (secondary N) is 2. The summed E-state index contributed by atoms with van der Waals surface area (Å²) in [4.78, 5) is 38.0. The molecule has 1 aliphatic rings. The Bertz CT molecular complexity index is 2310. The van der Waals surface area contributed by atoms with E-state index >= 15 is 0 Å². The largest absolute Gasteiger partial charge is 0.496 e. The maximum absolute atomic E-state index is 15.0. The van der Waals surface area contributed by atoms with Crippen molar-refractivity contribution in [1.82, 2.24) is 30.0 Å². The number of anilines is 2. The highest BCUT2D eigenvalue weighted by molar-refractivity contribution is 5.95. The van der Waals surface area contributed by atoms with E-state index in [1.807, 2.05) is 24.3 Å². The molecule has 1 fully saturated rings. The monoisotopic (exact) mass is 691 g/mol. The van der Waals surface area contributed by atoms with Gasteiger partial charge < -0.3 is 15.0 Å². The molecular formula is C38H32F3N7O3. The van der Waals surface area contributed by atoms with Gasteiger partial charge >= 0.3 is 0 Å². The summed E-state index contributed by atoms with van der Waals surface area (Å²) in [6.45, 7) is 2.57. The SMILES string of the molecule is COc1cc(F)ccc1-c1cc(Nc2cc(CN3CCN(C(=O)c4cc(Cc5n[nH]c(=O)c6ccccc56)ccc4F)CC3)ccn2)ncc1F. The number of carbonyl (C=O) groups is 1. The fourth-order valence-electron chi connectivity index (χ4n) is 6.26. The third-order valence-electron chi connectivity index (χ3n) is 8.86. The molecule has 1 aliphatic heterocycles. The van der Waals surface area contributed by atoms with Crippen molar-refractivity contribution in [2.45, 2.75) is 13.0 Å². The molecule has 3 aromatic heterocycles. The quantitative estimate of drug-likeness (QED) is 0.187. The second kappa shape index (κ2) is 14.4. The van der Waals surface area contributed by atoms with E-state index in [2.05, 4.69) is 30.4 Å². The van der Waals surface area contributed by atoms with Crippen molar-refractivity contribution in [3.63, 3.8) is 0 Å². The lowest BCUT2D eigenvalue weighted by molar-refractivity contribution is 0.0624. The van der Waals surface area contributed by atoms with Crippen molar-refractivity contribution in [3.05, 3.63) is 141 Å². The molecule has 7 rings (SSSR count). The van der Waals surface area contributed by atoms with E-state index in [4.69, 9.17) is 4.74 Å². The molecule has 0 aliphatic carbocycles. The summed E-state index contributed by atoms with van der Waals surface area (Å²) >= 11 is 0. The summed E-state index contributed by atoms with van der Waals surface area (Å²) < 4.78 is 48.7. The highest BCUT2D eigenvalue weighted by atomic mass is 19.1. The van der Waals surface area contributed by atoms with Gasteiger partial charge in [-0.2, -0.15) is 5.10 Å². The number of aromatic nitrogens is 4. The number of pyridine rings is 2. The van der Waals surface area contributed by atoms with Crippen molar-refractivity contribution in [3.8, 4) is 16.9 Å². The van der Waals surface area contributed by atoms with Gasteiger partial charge in [-0.3, -0.25) is 14.5 Å². The number of amides is 1. The molecule has 0 atom stereocenters. The first kappa shape index (κ1) is 33.4. The topological polar surface area (TPSA) is 116 Å². The van der Waals surface area contributed by atoms with E-state index in [1.54, 1.807) is 35.4 Å². The molecular weight excluding hydrogens is 659 g/mol. The molecule has 0 unspecified atom stereocenters. The van der Waals surface area contributed by atoms with Crippen LogP contribution in [0.3, 0.4) is 0 Å². The standard InChI is InChI=1S/C38H32F3N7O3/c1-51-34-19-25(39)7-8-27(34)29-20-36(43-21-32(29)41)44-35-18-24(10-11-42-35)22-47-12-14-48(15-13-47)38(50)30-16-23(6-9-31(30)40)17-33-26-4-2-3-5-28(26)37(49)46-45-33/h2-11,16,18-21H,12-15,17,22H2,1H3,(H,46,49)(H,42,43,44). The molecule has 0 radical (unpaired) electrons. The number of H-pyrrole nitrogens is 1. The van der Waals surface area contributed by atoms with Gasteiger partial charge in [0.15, 0.2) is 0 Å². The van der Waals surface area contributed by atoms with Crippen LogP contribution in [-0.2, 0) is 13.0 Å². The third-order valence-corrected chi connectivity index (χ3v) is 8.86. The maximum Gasteiger partial charge on any atom is 0.272 e. The van der Waals surface area contributed by atoms with E-state index in [9.17, 15) is 22.8 Å². The molecule has 13 heteroatoms. The zero-order valence-corrected chi connectivity index (χ0v) is 27.5. The van der Waals surface area contributed by atoms with E-state index < -0.39 is 17.5 Å². The first-order valence-electron chi connectivity index (χ1n) is 16.2. The van der Waals surface area contributed by atoms with Gasteiger partial charge in [-0.05, 0) is 59.7 Å². The average Bonchev–Trinajstić information content (AvgIpc) is 3.14. The molecule has 0 saturated carbocycles. The molecule has 3 aromatic carbocycles. The third kappa shape index (κ3) is 7.29. The summed E-state index contributed by atoms with van der Waals surface area (Å²) in [5.74, 6) is -1.02. The number of hydrogen-bond donors (Lipinski definition) is 2. The lowest BCUT2D eigenvalue weighted by atomic mass is 10.0. The Hall–Kier alpha value is -6.08. The minimum atomic E-state index is -0.596. The zero-order chi connectivity index (χ0) is 35.5. The number of piperazine rings is 1. The van der Waals surface area contributed by atoms with Crippen molar-refractivity contribution < 1.29 is 22.7 Å². The number of benzene rings is 3. The Morgan fingerprint density at radius 1 is 0.843 bits per heavy atom. The first-order chi connectivity index (χ1) is 24.7. The number of aromatic amines is 1. The van der Waals surface area contributed by atoms with Crippen LogP contribution in [0.1, 0.15) is 27.2 Å². The minimum Gasteiger partial charge on any atom is -0.496 e. The highest BCUT2D eigenvalue weighted by Gasteiger charge is 2.25. The summed E-state index contributed by atoms with van der Waals surface area (Å²) in [5.41, 5.74) is 2.57. The van der Waals surface area contributed by atoms with Gasteiger partial charge in [0, 0.05) is 67.9 Å². The van der Waals surface area contributed by atoms with E-state index in [0.29, 0.717) is 78.4 Å². The second-order valence-corrected chi connectivity index (χ2v) is 12.2. The molecule has 1 saturated heterocycles. The fraction of sp³-hybridized carbons (Fsp3) is 0.184. The van der Waals surface area contributed by atoms with Gasteiger partial charge in [-0.25, -0.2) is 28.2 Å². The van der Waals surface area contributed by atoms with Crippen molar-refractivity contribution in [2.75, 3.05) is 38.6 Å². The van der Waals surface area contributed by atoms with Crippen LogP contribution in [0.5, 0.6) is 5.75 Å². The molecule has 2 N–H and O–H groups in total. The minimum absolute atomic E-state index is 0.00466. The predicted octanol–water partition coefficient (Wildman–Crippen LogP) is 6.10. The number of carbonyl (C=O) groups excluding carboxylic acids is 1. The number of nitrogens with zero attached hydrogens (tertiary/aromatic N) is 5. The summed E-state index contributed by atoms with van der Waals surface area (Å²) in [6.07, 6.45) is 3.06. The number of ether oxygens (including phenoxy) is 1. The van der Waals surface area contributed by atoms with Crippen LogP contribution in [-0.4, -0.2) is 69.2 Å². The number of halogens is 3. The Kier molecular flexibility index (Phi) is 9.45. The molecule has 0 spiro atoms. The summed E-state index contributed by atoms with van der Waals surface area (Å²) in [6, 6.07) is 20.8. The van der Waals surface area contributed by atoms with Gasteiger partial charge in [0.05, 0.1) is 30.0 Å². The number of fused-ring (bicyclic) bond motifs is 1. The molecule has 51 heavy (non-hydrogen) atoms. The predicted molar refractivity (Wildman–Crippen MR) is 186 cm³/mol. The smallest absolute Gasteiger partial charge is 0.272 e. The van der Waals surface area contributed by atoms with Crippen molar-refractivity contribution >= 4 is 28.3 Å². The normalized spacial score (nSPS) is 13.4. The van der Waals surface area contributed by atoms with Crippen LogP contribution >= 0.6 is 0 Å². The van der Waals surface area contributed by atoms with E-state index in [-0.39, 0.29) is 28.3 Å². The molecule has 10 nitrogen and oxygen atoms in total. The molecule has 1 amide bonds. The van der Waals surface area contributed by atoms with Crippen LogP contribution in [0, 0.1) is 17.5 Å². The van der Waals surface area contributed by atoms with Crippen molar-refractivity contribution in [2.24, 2.45) is 0 Å². The van der Waals surface area contributed by atoms with Crippen molar-refractivity contribution in [1.29, 1.82) is 0 Å². The van der Waals surface area contributed by atoms with Crippen LogP contribution in [0.15, 0.2) is 96.1 Å². The molecule has 4 heterocycles. The Labute approximate surface area is 290 Å². The Balaban J connectivity index is 0.986. The molecule has 6 aromatic rings. The van der Waals surface area contributed by atoms with E-state index in [0.717, 1.165) is 11.8 Å². The number of rotatable bonds is 9. The lowest BCUT2D eigenvalue weighted by Gasteiger charge is -2.35. The lowest BCUT2D eigenvalue weighted by Crippen LogP contribution is -2.48. The van der Waals surface area contributed by atoms with Gasteiger partial charge in [-0.15, -0.1) is 0 Å². The Morgan fingerprint density at radius 2 is 1.63 bits per heavy atom. The first-order valence-corrected chi connectivity index (χ1v) is 16.2. The average molecular weight is 692 g/mol. The van der Waals surface area contributed by atoms with Gasteiger partial charge in [0.2, 0.25) is 0 Å². The zero-order valence-electron chi connectivity index (χ0n) is 27.5. The Morgan fingerprint density at radius 3 is 2.43 bits per heavy atom. The highest BCUT2D eigenvalue weighted by Crippen LogP contribution is 2.34. The van der Waals surface area contributed by atoms with Crippen LogP contribution < -0.4 is 15.6 Å². The van der Waals surface area contributed by atoms with E-state index in [1.165, 1.54) is 37.4 Å². The second-order valence-electron chi connectivity index (χ2n) is 12.2. The van der Waals surface area contributed by atoms with Gasteiger partial charge in [0.25, 0.3) is 11.5 Å². The maximum atomic E-state index is 15.0. The fourth-order valence-corrected chi connectivity index (χ4v) is 6.26. The van der Waals surface area contributed by atoms with Crippen LogP contribution in [0.4, 0.5) is 24.8 Å². The number of hydrogen-bond acceptors (Lipinski definition) is 8. The summed E-state index contributed by atoms with van der Waals surface area (Å²) in [7, 11) is 1.39. The molecule has 0 bridgehead atoms.